The Kier molecular flexibility index (Phi) is 5.32. The van der Waals surface area contributed by atoms with Crippen LogP contribution in [0.3, 0.4) is 0 Å². The molecule has 0 aliphatic heterocycles. The molecule has 0 saturated heterocycles. The Bertz CT molecular complexity index is 447. The number of hydrogen-bond donors (Lipinski definition) is 1. The molecule has 17 heavy (non-hydrogen) atoms. The quantitative estimate of drug-likeness (QED) is 0.622. The van der Waals surface area contributed by atoms with Crippen LogP contribution in [0.2, 0.25) is 5.15 Å². The maximum absolute atomic E-state index is 12.1. The van der Waals surface area contributed by atoms with Gasteiger partial charge in [0.25, 0.3) is 0 Å². The van der Waals surface area contributed by atoms with Gasteiger partial charge in [-0.2, -0.15) is 0 Å². The molecule has 1 N–H and O–H groups in total. The first-order chi connectivity index (χ1) is 7.98. The highest BCUT2D eigenvalue weighted by atomic mass is 35.5. The number of nitrogens with one attached hydrogen (secondary N) is 1. The molecule has 0 radical (unpaired) electrons. The van der Waals surface area contributed by atoms with Crippen LogP contribution in [0.25, 0.3) is 0 Å². The maximum Gasteiger partial charge on any atom is 0.244 e. The first kappa shape index (κ1) is 14.4. The summed E-state index contributed by atoms with van der Waals surface area (Å²) in [6.45, 7) is 1.24. The van der Waals surface area contributed by atoms with Gasteiger partial charge in [-0.15, -0.1) is 0 Å². The van der Waals surface area contributed by atoms with Crippen molar-refractivity contribution < 1.29 is 8.42 Å². The third-order valence-corrected chi connectivity index (χ3v) is 4.37. The lowest BCUT2D eigenvalue weighted by Crippen LogP contribution is -2.29. The molecule has 1 aromatic heterocycles. The van der Waals surface area contributed by atoms with Crippen LogP contribution in [-0.2, 0) is 10.0 Å². The van der Waals surface area contributed by atoms with Crippen LogP contribution in [0.15, 0.2) is 23.2 Å². The van der Waals surface area contributed by atoms with E-state index in [1.165, 1.54) is 22.6 Å². The van der Waals surface area contributed by atoms with E-state index in [2.05, 4.69) is 10.3 Å². The van der Waals surface area contributed by atoms with E-state index in [9.17, 15) is 8.42 Å². The average molecular weight is 278 g/mol. The third kappa shape index (κ3) is 3.92. The molecule has 0 fully saturated rings. The summed E-state index contributed by atoms with van der Waals surface area (Å²) in [5, 5.41) is 3.25. The predicted molar refractivity (Wildman–Crippen MR) is 67.6 cm³/mol. The van der Waals surface area contributed by atoms with Crippen molar-refractivity contribution >= 4 is 21.6 Å². The van der Waals surface area contributed by atoms with Crippen molar-refractivity contribution in [3.05, 3.63) is 23.5 Å². The maximum atomic E-state index is 12.1. The lowest BCUT2D eigenvalue weighted by molar-refractivity contribution is 0.458. The van der Waals surface area contributed by atoms with Crippen LogP contribution < -0.4 is 5.32 Å². The number of halogens is 1. The topological polar surface area (TPSA) is 62.3 Å². The van der Waals surface area contributed by atoms with Crippen LogP contribution in [0.5, 0.6) is 0 Å². The van der Waals surface area contributed by atoms with Gasteiger partial charge in [0.05, 0.1) is 0 Å². The van der Waals surface area contributed by atoms with Gasteiger partial charge < -0.3 is 5.32 Å². The highest BCUT2D eigenvalue weighted by Gasteiger charge is 2.20. The number of hydrogen-bond acceptors (Lipinski definition) is 4. The van der Waals surface area contributed by atoms with Crippen LogP contribution in [0, 0.1) is 0 Å². The Balaban J connectivity index is 2.76. The SMILES string of the molecule is CNCCCN(C)S(=O)(=O)c1ccc(Cl)nc1. The Hall–Kier alpha value is -0.690. The second kappa shape index (κ2) is 6.30. The number of pyridine rings is 1. The molecule has 0 aliphatic rings. The van der Waals surface area contributed by atoms with Gasteiger partial charge >= 0.3 is 0 Å². The molecule has 0 atom stereocenters. The Morgan fingerprint density at radius 2 is 2.18 bits per heavy atom. The molecule has 0 aromatic carbocycles. The van der Waals surface area contributed by atoms with Crippen LogP contribution in [0.4, 0.5) is 0 Å². The van der Waals surface area contributed by atoms with Crippen molar-refractivity contribution in [2.45, 2.75) is 11.3 Å². The van der Waals surface area contributed by atoms with Crippen molar-refractivity contribution in [1.82, 2.24) is 14.6 Å². The molecule has 5 nitrogen and oxygen atoms in total. The third-order valence-electron chi connectivity index (χ3n) is 2.31. The van der Waals surface area contributed by atoms with E-state index in [0.717, 1.165) is 13.0 Å². The zero-order valence-electron chi connectivity index (χ0n) is 9.85. The first-order valence-electron chi connectivity index (χ1n) is 5.21. The zero-order valence-corrected chi connectivity index (χ0v) is 11.4. The van der Waals surface area contributed by atoms with Gasteiger partial charge in [-0.1, -0.05) is 11.6 Å². The fraction of sp³-hybridized carbons (Fsp3) is 0.500. The van der Waals surface area contributed by atoms with Crippen LogP contribution in [-0.4, -0.2) is 44.9 Å². The van der Waals surface area contributed by atoms with Gasteiger partial charge in [0.2, 0.25) is 10.0 Å². The second-order valence-corrected chi connectivity index (χ2v) is 6.03. The number of rotatable bonds is 6. The summed E-state index contributed by atoms with van der Waals surface area (Å²) >= 11 is 5.62. The van der Waals surface area contributed by atoms with Gasteiger partial charge in [0.15, 0.2) is 0 Å². The zero-order chi connectivity index (χ0) is 12.9. The smallest absolute Gasteiger partial charge is 0.244 e. The molecular weight excluding hydrogens is 262 g/mol. The van der Waals surface area contributed by atoms with Crippen molar-refractivity contribution in [2.24, 2.45) is 0 Å². The number of nitrogens with zero attached hydrogens (tertiary/aromatic N) is 2. The van der Waals surface area contributed by atoms with E-state index in [0.29, 0.717) is 6.54 Å². The Morgan fingerprint density at radius 1 is 1.47 bits per heavy atom. The van der Waals surface area contributed by atoms with Gasteiger partial charge in [-0.05, 0) is 32.1 Å². The molecule has 0 unspecified atom stereocenters. The molecule has 0 saturated carbocycles. The lowest BCUT2D eigenvalue weighted by Gasteiger charge is -2.16. The molecule has 1 aromatic rings. The van der Waals surface area contributed by atoms with Gasteiger partial charge in [0, 0.05) is 19.8 Å². The van der Waals surface area contributed by atoms with E-state index >= 15 is 0 Å². The van der Waals surface area contributed by atoms with E-state index in [1.54, 1.807) is 7.05 Å². The normalized spacial score (nSPS) is 12.0. The highest BCUT2D eigenvalue weighted by Crippen LogP contribution is 2.15. The molecule has 1 heterocycles. The fourth-order valence-corrected chi connectivity index (χ4v) is 2.56. The average Bonchev–Trinajstić information content (AvgIpc) is 2.29. The molecular formula is C10H16ClN3O2S. The standard InChI is InChI=1S/C10H16ClN3O2S/c1-12-6-3-7-14(2)17(15,16)9-4-5-10(11)13-8-9/h4-5,8,12H,3,6-7H2,1-2H3. The second-order valence-electron chi connectivity index (χ2n) is 3.60. The summed E-state index contributed by atoms with van der Waals surface area (Å²) in [4.78, 5) is 3.93. The van der Waals surface area contributed by atoms with E-state index in [4.69, 9.17) is 11.6 Å². The first-order valence-corrected chi connectivity index (χ1v) is 7.03. The lowest BCUT2D eigenvalue weighted by atomic mass is 10.4. The highest BCUT2D eigenvalue weighted by molar-refractivity contribution is 7.89. The van der Waals surface area contributed by atoms with E-state index < -0.39 is 10.0 Å². The molecule has 0 bridgehead atoms. The van der Waals surface area contributed by atoms with Crippen molar-refractivity contribution in [3.63, 3.8) is 0 Å². The summed E-state index contributed by atoms with van der Waals surface area (Å²) in [7, 11) is -0.0657. The predicted octanol–water partition coefficient (Wildman–Crippen LogP) is 0.965. The van der Waals surface area contributed by atoms with Crippen LogP contribution in [0.1, 0.15) is 6.42 Å². The molecule has 1 rings (SSSR count). The number of aromatic nitrogens is 1. The Labute approximate surface area is 107 Å². The van der Waals surface area contributed by atoms with Crippen LogP contribution >= 0.6 is 11.6 Å². The summed E-state index contributed by atoms with van der Waals surface area (Å²) < 4.78 is 25.4. The molecule has 7 heteroatoms. The summed E-state index contributed by atoms with van der Waals surface area (Å²) in [5.74, 6) is 0. The van der Waals surface area contributed by atoms with E-state index in [-0.39, 0.29) is 10.0 Å². The minimum absolute atomic E-state index is 0.161. The van der Waals surface area contributed by atoms with Crippen molar-refractivity contribution in [2.75, 3.05) is 27.2 Å². The molecule has 0 spiro atoms. The fourth-order valence-electron chi connectivity index (χ4n) is 1.29. The van der Waals surface area contributed by atoms with Gasteiger partial charge in [-0.3, -0.25) is 0 Å². The van der Waals surface area contributed by atoms with Crippen molar-refractivity contribution in [3.8, 4) is 0 Å². The summed E-state index contributed by atoms with van der Waals surface area (Å²) in [6.07, 6.45) is 2.03. The van der Waals surface area contributed by atoms with E-state index in [1.807, 2.05) is 7.05 Å². The minimum atomic E-state index is -3.45. The minimum Gasteiger partial charge on any atom is -0.320 e. The molecule has 0 aliphatic carbocycles. The summed E-state index contributed by atoms with van der Waals surface area (Å²) in [5.41, 5.74) is 0. The van der Waals surface area contributed by atoms with Gasteiger partial charge in [0.1, 0.15) is 10.0 Å². The number of sulfonamides is 1. The molecule has 0 amide bonds. The Morgan fingerprint density at radius 3 is 2.71 bits per heavy atom. The largest absolute Gasteiger partial charge is 0.320 e. The summed E-state index contributed by atoms with van der Waals surface area (Å²) in [6, 6.07) is 2.93. The van der Waals surface area contributed by atoms with Gasteiger partial charge in [-0.25, -0.2) is 17.7 Å². The monoisotopic (exact) mass is 277 g/mol. The van der Waals surface area contributed by atoms with Crippen molar-refractivity contribution in [1.29, 1.82) is 0 Å². The molecule has 96 valence electrons.